The first-order valence-corrected chi connectivity index (χ1v) is 6.77. The molecule has 0 spiro atoms. The lowest BCUT2D eigenvalue weighted by Gasteiger charge is -2.14. The minimum Gasteiger partial charge on any atom is -0.478 e. The van der Waals surface area contributed by atoms with Crippen LogP contribution < -0.4 is 5.32 Å². The molecule has 0 aromatic carbocycles. The van der Waals surface area contributed by atoms with Crippen molar-refractivity contribution in [1.29, 1.82) is 0 Å². The molecule has 1 atom stereocenters. The second-order valence-electron chi connectivity index (χ2n) is 5.06. The third kappa shape index (κ3) is 3.44. The van der Waals surface area contributed by atoms with E-state index in [1.54, 1.807) is 19.1 Å². The van der Waals surface area contributed by atoms with Gasteiger partial charge in [-0.2, -0.15) is 0 Å². The molecule has 1 aliphatic rings. The first-order chi connectivity index (χ1) is 9.10. The molecule has 2 heterocycles. The lowest BCUT2D eigenvalue weighted by atomic mass is 10.1. The summed E-state index contributed by atoms with van der Waals surface area (Å²) < 4.78 is 0. The Morgan fingerprint density at radius 2 is 2.37 bits per heavy atom. The van der Waals surface area contributed by atoms with Crippen LogP contribution in [0, 0.1) is 12.8 Å². The smallest absolute Gasteiger partial charge is 0.337 e. The van der Waals surface area contributed by atoms with Crippen molar-refractivity contribution in [3.8, 4) is 0 Å². The van der Waals surface area contributed by atoms with Gasteiger partial charge in [-0.1, -0.05) is 6.92 Å². The van der Waals surface area contributed by atoms with Gasteiger partial charge < -0.3 is 15.3 Å². The van der Waals surface area contributed by atoms with Crippen LogP contribution in [0.5, 0.6) is 0 Å². The number of nitrogens with one attached hydrogen (secondary N) is 1. The van der Waals surface area contributed by atoms with Crippen molar-refractivity contribution in [2.75, 3.05) is 31.5 Å². The third-order valence-corrected chi connectivity index (χ3v) is 3.71. The zero-order valence-corrected chi connectivity index (χ0v) is 11.5. The Morgan fingerprint density at radius 3 is 2.95 bits per heavy atom. The second kappa shape index (κ2) is 6.02. The van der Waals surface area contributed by atoms with Gasteiger partial charge in [-0.15, -0.1) is 0 Å². The van der Waals surface area contributed by atoms with Gasteiger partial charge in [-0.3, -0.25) is 0 Å². The Kier molecular flexibility index (Phi) is 4.37. The highest BCUT2D eigenvalue weighted by Gasteiger charge is 2.20. The van der Waals surface area contributed by atoms with Gasteiger partial charge in [0.05, 0.1) is 11.3 Å². The molecular weight excluding hydrogens is 242 g/mol. The number of anilines is 1. The van der Waals surface area contributed by atoms with Gasteiger partial charge >= 0.3 is 5.97 Å². The minimum absolute atomic E-state index is 0.267. The van der Waals surface area contributed by atoms with Gasteiger partial charge in [0, 0.05) is 13.1 Å². The van der Waals surface area contributed by atoms with Crippen molar-refractivity contribution in [3.63, 3.8) is 0 Å². The lowest BCUT2D eigenvalue weighted by Crippen LogP contribution is -2.22. The Balaban J connectivity index is 1.90. The average molecular weight is 263 g/mol. The average Bonchev–Trinajstić information content (AvgIpc) is 2.84. The SMILES string of the molecule is CCN1CCC(CNc2ccc(C(=O)O)c(C)n2)C1. The van der Waals surface area contributed by atoms with E-state index in [4.69, 9.17) is 5.11 Å². The van der Waals surface area contributed by atoms with Crippen LogP contribution in [0.4, 0.5) is 5.82 Å². The normalized spacial score (nSPS) is 19.6. The summed E-state index contributed by atoms with van der Waals surface area (Å²) in [5, 5.41) is 12.3. The number of rotatable bonds is 5. The van der Waals surface area contributed by atoms with Gasteiger partial charge in [-0.05, 0) is 44.5 Å². The molecule has 0 amide bonds. The van der Waals surface area contributed by atoms with E-state index in [1.165, 1.54) is 13.0 Å². The van der Waals surface area contributed by atoms with Crippen LogP contribution in [0.25, 0.3) is 0 Å². The summed E-state index contributed by atoms with van der Waals surface area (Å²) >= 11 is 0. The van der Waals surface area contributed by atoms with E-state index in [0.29, 0.717) is 11.6 Å². The molecule has 1 unspecified atom stereocenters. The van der Waals surface area contributed by atoms with Crippen LogP contribution in [0.1, 0.15) is 29.4 Å². The molecule has 0 aliphatic carbocycles. The largest absolute Gasteiger partial charge is 0.478 e. The molecule has 0 saturated carbocycles. The molecule has 2 rings (SSSR count). The predicted octanol–water partition coefficient (Wildman–Crippen LogP) is 1.84. The number of hydrogen-bond donors (Lipinski definition) is 2. The fraction of sp³-hybridized carbons (Fsp3) is 0.571. The Morgan fingerprint density at radius 1 is 1.58 bits per heavy atom. The number of aryl methyl sites for hydroxylation is 1. The molecule has 0 radical (unpaired) electrons. The van der Waals surface area contributed by atoms with Crippen LogP contribution in [0.3, 0.4) is 0 Å². The van der Waals surface area contributed by atoms with Gasteiger partial charge in [-0.25, -0.2) is 9.78 Å². The third-order valence-electron chi connectivity index (χ3n) is 3.71. The van der Waals surface area contributed by atoms with E-state index in [0.717, 1.165) is 25.5 Å². The molecule has 5 heteroatoms. The highest BCUT2D eigenvalue weighted by molar-refractivity contribution is 5.89. The zero-order valence-electron chi connectivity index (χ0n) is 11.5. The van der Waals surface area contributed by atoms with E-state index < -0.39 is 5.97 Å². The number of aromatic carboxylic acids is 1. The highest BCUT2D eigenvalue weighted by Crippen LogP contribution is 2.17. The Bertz CT molecular complexity index is 462. The van der Waals surface area contributed by atoms with Gasteiger partial charge in [0.25, 0.3) is 0 Å². The van der Waals surface area contributed by atoms with Crippen LogP contribution in [0.15, 0.2) is 12.1 Å². The summed E-state index contributed by atoms with van der Waals surface area (Å²) in [6.07, 6.45) is 1.22. The molecule has 0 bridgehead atoms. The van der Waals surface area contributed by atoms with Crippen molar-refractivity contribution in [1.82, 2.24) is 9.88 Å². The molecule has 1 aromatic rings. The number of nitrogens with zero attached hydrogens (tertiary/aromatic N) is 2. The summed E-state index contributed by atoms with van der Waals surface area (Å²) in [5.41, 5.74) is 0.822. The maximum absolute atomic E-state index is 10.9. The molecular formula is C14H21N3O2. The lowest BCUT2D eigenvalue weighted by molar-refractivity contribution is 0.0695. The molecule has 1 fully saturated rings. The van der Waals surface area contributed by atoms with Crippen LogP contribution in [-0.2, 0) is 0 Å². The van der Waals surface area contributed by atoms with Crippen molar-refractivity contribution in [2.45, 2.75) is 20.3 Å². The maximum Gasteiger partial charge on any atom is 0.337 e. The van der Waals surface area contributed by atoms with Gasteiger partial charge in [0.1, 0.15) is 5.82 Å². The number of carbonyl (C=O) groups is 1. The van der Waals surface area contributed by atoms with E-state index in [-0.39, 0.29) is 5.56 Å². The Labute approximate surface area is 113 Å². The summed E-state index contributed by atoms with van der Waals surface area (Å²) in [6.45, 7) is 8.23. The van der Waals surface area contributed by atoms with Crippen molar-refractivity contribution >= 4 is 11.8 Å². The zero-order chi connectivity index (χ0) is 13.8. The molecule has 1 saturated heterocycles. The monoisotopic (exact) mass is 263 g/mol. The van der Waals surface area contributed by atoms with Crippen molar-refractivity contribution < 1.29 is 9.90 Å². The van der Waals surface area contributed by atoms with Gasteiger partial charge in [0.15, 0.2) is 0 Å². The van der Waals surface area contributed by atoms with Gasteiger partial charge in [0.2, 0.25) is 0 Å². The first kappa shape index (κ1) is 13.8. The molecule has 19 heavy (non-hydrogen) atoms. The number of likely N-dealkylation sites (tertiary alicyclic amines) is 1. The number of aromatic nitrogens is 1. The summed E-state index contributed by atoms with van der Waals surface area (Å²) in [4.78, 5) is 17.6. The predicted molar refractivity (Wildman–Crippen MR) is 74.6 cm³/mol. The number of carboxylic acids is 1. The number of hydrogen-bond acceptors (Lipinski definition) is 4. The maximum atomic E-state index is 10.9. The van der Waals surface area contributed by atoms with Crippen LogP contribution in [0.2, 0.25) is 0 Å². The van der Waals surface area contributed by atoms with Crippen molar-refractivity contribution in [2.24, 2.45) is 5.92 Å². The summed E-state index contributed by atoms with van der Waals surface area (Å²) in [5.74, 6) is 0.490. The molecule has 5 nitrogen and oxygen atoms in total. The van der Waals surface area contributed by atoms with Crippen molar-refractivity contribution in [3.05, 3.63) is 23.4 Å². The highest BCUT2D eigenvalue weighted by atomic mass is 16.4. The quantitative estimate of drug-likeness (QED) is 0.848. The Hall–Kier alpha value is -1.62. The summed E-state index contributed by atoms with van der Waals surface area (Å²) in [6, 6.07) is 3.35. The fourth-order valence-corrected chi connectivity index (χ4v) is 2.50. The number of pyridine rings is 1. The van der Waals surface area contributed by atoms with E-state index in [9.17, 15) is 4.79 Å². The van der Waals surface area contributed by atoms with E-state index >= 15 is 0 Å². The summed E-state index contributed by atoms with van der Waals surface area (Å²) in [7, 11) is 0. The number of carboxylic acid groups (broad SMARTS) is 1. The molecule has 1 aromatic heterocycles. The molecule has 1 aliphatic heterocycles. The topological polar surface area (TPSA) is 65.5 Å². The molecule has 2 N–H and O–H groups in total. The first-order valence-electron chi connectivity index (χ1n) is 6.77. The minimum atomic E-state index is -0.925. The van der Waals surface area contributed by atoms with Crippen LogP contribution >= 0.6 is 0 Å². The fourth-order valence-electron chi connectivity index (χ4n) is 2.50. The van der Waals surface area contributed by atoms with E-state index in [1.807, 2.05) is 0 Å². The molecule has 104 valence electrons. The standard InChI is InChI=1S/C14H21N3O2/c1-3-17-7-6-11(9-17)8-15-13-5-4-12(14(18)19)10(2)16-13/h4-5,11H,3,6-9H2,1-2H3,(H,15,16)(H,18,19). The van der Waals surface area contributed by atoms with E-state index in [2.05, 4.69) is 22.1 Å². The second-order valence-corrected chi connectivity index (χ2v) is 5.06. The van der Waals surface area contributed by atoms with Crippen LogP contribution in [-0.4, -0.2) is 47.1 Å².